The summed E-state index contributed by atoms with van der Waals surface area (Å²) in [7, 11) is 0. The first-order chi connectivity index (χ1) is 26.6. The highest BCUT2D eigenvalue weighted by Gasteiger charge is 2.26. The Morgan fingerprint density at radius 3 is 2.41 bits per heavy atom. The Morgan fingerprint density at radius 2 is 1.63 bits per heavy atom. The van der Waals surface area contributed by atoms with E-state index in [1.807, 2.05) is 18.2 Å². The quantitative estimate of drug-likeness (QED) is 0.130. The minimum Gasteiger partial charge on any atom is -0.360 e. The van der Waals surface area contributed by atoms with Gasteiger partial charge < -0.3 is 5.32 Å². The molecule has 0 saturated carbocycles. The average molecular weight is 703 g/mol. The van der Waals surface area contributed by atoms with Gasteiger partial charge in [-0.25, -0.2) is 4.98 Å². The first-order valence-corrected chi connectivity index (χ1v) is 19.1. The topological polar surface area (TPSA) is 49.6 Å². The van der Waals surface area contributed by atoms with Crippen molar-refractivity contribution in [3.8, 4) is 11.3 Å². The summed E-state index contributed by atoms with van der Waals surface area (Å²) in [4.78, 5) is 14.8. The van der Waals surface area contributed by atoms with E-state index in [0.717, 1.165) is 71.6 Å². The molecule has 2 aromatic carbocycles. The van der Waals surface area contributed by atoms with Crippen molar-refractivity contribution in [1.82, 2.24) is 10.3 Å². The predicted molar refractivity (Wildman–Crippen MR) is 228 cm³/mol. The van der Waals surface area contributed by atoms with E-state index in [0.29, 0.717) is 5.92 Å². The summed E-state index contributed by atoms with van der Waals surface area (Å²) in [6.45, 7) is 11.6. The van der Waals surface area contributed by atoms with Crippen LogP contribution in [0.1, 0.15) is 65.8 Å². The molecular formula is C50H46N4. The molecule has 4 unspecified atom stereocenters. The number of allylic oxidation sites excluding steroid dienone is 14. The molecule has 0 fully saturated rings. The van der Waals surface area contributed by atoms with Crippen LogP contribution in [0, 0.1) is 11.8 Å². The monoisotopic (exact) mass is 702 g/mol. The van der Waals surface area contributed by atoms with Crippen molar-refractivity contribution >= 4 is 24.6 Å². The summed E-state index contributed by atoms with van der Waals surface area (Å²) in [5.74, 6) is 0.498. The number of hydrogen-bond acceptors (Lipinski definition) is 4. The SMILES string of the molecule is C=C/C=C\C=C\C1C=CC(C2=CC(C3=CC=C(C4=Cc5ccc(-c6ccc7c(n6)C(N=C)C(C=C)C=C7)cc5CC4)CC3)=NC(c3ccccc3)N2)=CC1. The van der Waals surface area contributed by atoms with Gasteiger partial charge in [0.05, 0.1) is 17.1 Å². The van der Waals surface area contributed by atoms with E-state index in [1.54, 1.807) is 6.08 Å². The zero-order valence-electron chi connectivity index (χ0n) is 30.7. The van der Waals surface area contributed by atoms with Crippen LogP contribution in [0.2, 0.25) is 0 Å². The fourth-order valence-corrected chi connectivity index (χ4v) is 7.96. The molecule has 54 heavy (non-hydrogen) atoms. The van der Waals surface area contributed by atoms with Gasteiger partial charge in [-0.2, -0.15) is 0 Å². The molecular weight excluding hydrogens is 657 g/mol. The number of nitrogens with one attached hydrogen (secondary N) is 1. The largest absolute Gasteiger partial charge is 0.360 e. The minimum absolute atomic E-state index is 0.104. The van der Waals surface area contributed by atoms with Gasteiger partial charge >= 0.3 is 0 Å². The molecule has 0 amide bonds. The molecule has 4 atom stereocenters. The molecule has 1 aromatic heterocycles. The van der Waals surface area contributed by atoms with Crippen molar-refractivity contribution in [3.63, 3.8) is 0 Å². The molecule has 2 heterocycles. The fraction of sp³-hybridized carbons (Fsp3) is 0.180. The number of aromatic nitrogens is 1. The molecule has 0 radical (unpaired) electrons. The Hall–Kier alpha value is -6.13. The average Bonchev–Trinajstić information content (AvgIpc) is 3.24. The third-order valence-electron chi connectivity index (χ3n) is 11.0. The third kappa shape index (κ3) is 7.38. The number of benzene rings is 2. The second-order valence-electron chi connectivity index (χ2n) is 14.4. The maximum absolute atomic E-state index is 5.25. The van der Waals surface area contributed by atoms with Crippen LogP contribution in [0.4, 0.5) is 0 Å². The Bertz CT molecular complexity index is 2300. The Labute approximate surface area is 320 Å². The highest BCUT2D eigenvalue weighted by atomic mass is 15.1. The lowest BCUT2D eigenvalue weighted by Crippen LogP contribution is -2.27. The predicted octanol–water partition coefficient (Wildman–Crippen LogP) is 11.7. The molecule has 0 saturated heterocycles. The Morgan fingerprint density at radius 1 is 0.796 bits per heavy atom. The van der Waals surface area contributed by atoms with Gasteiger partial charge in [0.15, 0.2) is 0 Å². The van der Waals surface area contributed by atoms with E-state index in [-0.39, 0.29) is 18.1 Å². The zero-order valence-corrected chi connectivity index (χ0v) is 30.7. The summed E-state index contributed by atoms with van der Waals surface area (Å²) in [5, 5.41) is 3.73. The zero-order chi connectivity index (χ0) is 36.9. The summed E-state index contributed by atoms with van der Waals surface area (Å²) in [5.41, 5.74) is 15.6. The van der Waals surface area contributed by atoms with Crippen LogP contribution in [0.3, 0.4) is 0 Å². The molecule has 0 bridgehead atoms. The summed E-state index contributed by atoms with van der Waals surface area (Å²) in [6.07, 6.45) is 37.3. The van der Waals surface area contributed by atoms with Gasteiger partial charge in [-0.3, -0.25) is 9.98 Å². The first kappa shape index (κ1) is 34.9. The molecule has 266 valence electrons. The van der Waals surface area contributed by atoms with E-state index in [1.165, 1.54) is 33.4 Å². The standard InChI is InChI=1S/C50H46N4/c1-4-6-7-9-12-34-15-17-37(18-16-34)46-33-47(54-50(53-46)40-13-10-8-11-14-40)38-22-20-36(21-23-38)41-25-26-43-32-44(28-27-42(43)31-41)45-30-29-39-24-19-35(5-2)48(51-3)49(39)52-45/h4-15,17-20,22,24,27-35,48,50,53H,1-3,16,21,23,25-26H2/b7-6-,12-9+. The molecule has 1 aliphatic heterocycles. The summed E-state index contributed by atoms with van der Waals surface area (Å²) in [6, 6.07) is 21.5. The lowest BCUT2D eigenvalue weighted by molar-refractivity contribution is 0.602. The van der Waals surface area contributed by atoms with Crippen LogP contribution in [0.5, 0.6) is 0 Å². The first-order valence-electron chi connectivity index (χ1n) is 19.1. The van der Waals surface area contributed by atoms with E-state index in [9.17, 15) is 0 Å². The second-order valence-corrected chi connectivity index (χ2v) is 14.4. The lowest BCUT2D eigenvalue weighted by Gasteiger charge is -2.28. The van der Waals surface area contributed by atoms with Gasteiger partial charge in [0.2, 0.25) is 0 Å². The second kappa shape index (κ2) is 15.9. The van der Waals surface area contributed by atoms with Crippen molar-refractivity contribution in [2.75, 3.05) is 0 Å². The van der Waals surface area contributed by atoms with E-state index < -0.39 is 0 Å². The number of rotatable bonds is 10. The fourth-order valence-electron chi connectivity index (χ4n) is 7.96. The van der Waals surface area contributed by atoms with Gasteiger partial charge in [-0.05, 0) is 107 Å². The van der Waals surface area contributed by atoms with Gasteiger partial charge in [-0.15, -0.1) is 6.58 Å². The Balaban J connectivity index is 1.02. The maximum Gasteiger partial charge on any atom is 0.145 e. The molecule has 8 rings (SSSR count). The minimum atomic E-state index is -0.136. The number of aryl methyl sites for hydroxylation is 1. The number of aliphatic imine (C=N–C) groups is 2. The molecule has 4 aliphatic carbocycles. The normalized spacial score (nSPS) is 23.2. The van der Waals surface area contributed by atoms with Gasteiger partial charge in [0.1, 0.15) is 12.2 Å². The lowest BCUT2D eigenvalue weighted by atomic mass is 9.83. The number of pyridine rings is 1. The van der Waals surface area contributed by atoms with Crippen LogP contribution < -0.4 is 5.32 Å². The summed E-state index contributed by atoms with van der Waals surface area (Å²) < 4.78 is 0. The van der Waals surface area contributed by atoms with Crippen molar-refractivity contribution in [1.29, 1.82) is 0 Å². The number of fused-ring (bicyclic) bond motifs is 2. The highest BCUT2D eigenvalue weighted by molar-refractivity contribution is 6.10. The molecule has 0 spiro atoms. The number of nitrogens with zero attached hydrogens (tertiary/aromatic N) is 3. The van der Waals surface area contributed by atoms with Crippen LogP contribution in [0.15, 0.2) is 191 Å². The van der Waals surface area contributed by atoms with Crippen molar-refractivity contribution < 1.29 is 0 Å². The molecule has 5 aliphatic rings. The van der Waals surface area contributed by atoms with Crippen LogP contribution >= 0.6 is 0 Å². The molecule has 1 N–H and O–H groups in total. The van der Waals surface area contributed by atoms with Gasteiger partial charge in [0.25, 0.3) is 0 Å². The van der Waals surface area contributed by atoms with E-state index >= 15 is 0 Å². The van der Waals surface area contributed by atoms with Crippen LogP contribution in [-0.2, 0) is 6.42 Å². The number of hydrogen-bond donors (Lipinski definition) is 1. The van der Waals surface area contributed by atoms with Gasteiger partial charge in [-0.1, -0.05) is 140 Å². The smallest absolute Gasteiger partial charge is 0.145 e. The summed E-state index contributed by atoms with van der Waals surface area (Å²) >= 11 is 0. The van der Waals surface area contributed by atoms with E-state index in [2.05, 4.69) is 158 Å². The van der Waals surface area contributed by atoms with Crippen LogP contribution in [0.25, 0.3) is 23.4 Å². The highest BCUT2D eigenvalue weighted by Crippen LogP contribution is 2.38. The Kier molecular flexibility index (Phi) is 10.3. The van der Waals surface area contributed by atoms with Gasteiger partial charge in [0, 0.05) is 17.2 Å². The third-order valence-corrected chi connectivity index (χ3v) is 11.0. The van der Waals surface area contributed by atoms with Crippen molar-refractivity contribution in [3.05, 3.63) is 209 Å². The maximum atomic E-state index is 5.25. The molecule has 3 aromatic rings. The van der Waals surface area contributed by atoms with Crippen LogP contribution in [-0.4, -0.2) is 17.4 Å². The van der Waals surface area contributed by atoms with E-state index in [4.69, 9.17) is 9.98 Å². The molecule has 4 heteroatoms. The van der Waals surface area contributed by atoms with Crippen molar-refractivity contribution in [2.24, 2.45) is 21.8 Å². The molecule has 4 nitrogen and oxygen atoms in total. The van der Waals surface area contributed by atoms with Crippen molar-refractivity contribution in [2.45, 2.75) is 44.3 Å².